The molecule has 3 atom stereocenters. The molecule has 1 nitrogen and oxygen atoms in total. The molecule has 0 saturated carbocycles. The summed E-state index contributed by atoms with van der Waals surface area (Å²) in [5, 5.41) is 0. The fourth-order valence-corrected chi connectivity index (χ4v) is 3.40. The first kappa shape index (κ1) is 17.5. The highest BCUT2D eigenvalue weighted by Crippen LogP contribution is 2.35. The van der Waals surface area contributed by atoms with E-state index in [4.69, 9.17) is 0 Å². The average Bonchev–Trinajstić information content (AvgIpc) is 2.59. The van der Waals surface area contributed by atoms with Crippen molar-refractivity contribution in [3.63, 3.8) is 0 Å². The number of hydrogen-bond acceptors (Lipinski definition) is 1. The first-order valence-corrected chi connectivity index (χ1v) is 8.72. The van der Waals surface area contributed by atoms with E-state index in [2.05, 4.69) is 74.5 Å². The maximum atomic E-state index is 11.9. The molecule has 0 fully saturated rings. The number of carbonyl (C=O) groups is 1. The number of hydrogen-bond donors (Lipinski definition) is 0. The fourth-order valence-electron chi connectivity index (χ4n) is 3.40. The minimum atomic E-state index is 0.170. The van der Waals surface area contributed by atoms with Gasteiger partial charge < -0.3 is 0 Å². The summed E-state index contributed by atoms with van der Waals surface area (Å²) in [6.07, 6.45) is 2.96. The Balaban J connectivity index is 2.18. The molecule has 0 N–H and O–H groups in total. The predicted octanol–water partition coefficient (Wildman–Crippen LogP) is 5.97. The molecule has 0 heterocycles. The van der Waals surface area contributed by atoms with E-state index in [-0.39, 0.29) is 5.92 Å². The lowest BCUT2D eigenvalue weighted by Gasteiger charge is -2.25. The van der Waals surface area contributed by atoms with Gasteiger partial charge in [-0.3, -0.25) is 4.79 Å². The van der Waals surface area contributed by atoms with Gasteiger partial charge in [0.05, 0.1) is 0 Å². The summed E-state index contributed by atoms with van der Waals surface area (Å²) in [5.41, 5.74) is 2.74. The summed E-state index contributed by atoms with van der Waals surface area (Å²) in [5.74, 6) is 1.41. The Morgan fingerprint density at radius 1 is 0.870 bits per heavy atom. The quantitative estimate of drug-likeness (QED) is 0.587. The van der Waals surface area contributed by atoms with Crippen molar-refractivity contribution in [2.24, 2.45) is 5.92 Å². The number of rotatable bonds is 8. The predicted molar refractivity (Wildman–Crippen MR) is 97.7 cm³/mol. The van der Waals surface area contributed by atoms with Gasteiger partial charge in [-0.15, -0.1) is 0 Å². The highest BCUT2D eigenvalue weighted by Gasteiger charge is 2.22. The van der Waals surface area contributed by atoms with Gasteiger partial charge in [0.1, 0.15) is 5.78 Å². The van der Waals surface area contributed by atoms with Gasteiger partial charge in [0.2, 0.25) is 0 Å². The average molecular weight is 308 g/mol. The zero-order valence-corrected chi connectivity index (χ0v) is 14.5. The van der Waals surface area contributed by atoms with Crippen molar-refractivity contribution in [2.75, 3.05) is 0 Å². The van der Waals surface area contributed by atoms with Crippen LogP contribution < -0.4 is 0 Å². The summed E-state index contributed by atoms with van der Waals surface area (Å²) in [6.45, 7) is 6.14. The van der Waals surface area contributed by atoms with Crippen molar-refractivity contribution >= 4 is 5.78 Å². The van der Waals surface area contributed by atoms with E-state index < -0.39 is 0 Å². The van der Waals surface area contributed by atoms with Crippen LogP contribution >= 0.6 is 0 Å². The van der Waals surface area contributed by atoms with Crippen LogP contribution in [0.2, 0.25) is 0 Å². The summed E-state index contributed by atoms with van der Waals surface area (Å²) < 4.78 is 0. The monoisotopic (exact) mass is 308 g/mol. The minimum Gasteiger partial charge on any atom is -0.300 e. The van der Waals surface area contributed by atoms with E-state index in [1.165, 1.54) is 11.1 Å². The number of benzene rings is 2. The van der Waals surface area contributed by atoms with Gasteiger partial charge >= 0.3 is 0 Å². The molecular formula is C22H28O. The third-order valence-corrected chi connectivity index (χ3v) is 4.91. The molecule has 122 valence electrons. The second-order valence-corrected chi connectivity index (χ2v) is 6.61. The summed E-state index contributed by atoms with van der Waals surface area (Å²) in [7, 11) is 0. The van der Waals surface area contributed by atoms with E-state index >= 15 is 0 Å². The standard InChI is InChI=1S/C22H28O/c1-4-19(18(3)23)16-22(21-13-9-6-10-14-21)15-17(2)20-11-7-5-8-12-20/h5-14,17,19,22H,4,15-16H2,1-3H3. The third-order valence-electron chi connectivity index (χ3n) is 4.91. The van der Waals surface area contributed by atoms with Crippen LogP contribution in [-0.2, 0) is 4.79 Å². The molecule has 0 radical (unpaired) electrons. The first-order valence-electron chi connectivity index (χ1n) is 8.72. The van der Waals surface area contributed by atoms with Crippen LogP contribution in [0.15, 0.2) is 60.7 Å². The molecule has 2 aromatic carbocycles. The Bertz CT molecular complexity index is 588. The van der Waals surface area contributed by atoms with Crippen LogP contribution in [0.25, 0.3) is 0 Å². The lowest BCUT2D eigenvalue weighted by Crippen LogP contribution is -2.16. The van der Waals surface area contributed by atoms with Gasteiger partial charge in [-0.05, 0) is 49.1 Å². The van der Waals surface area contributed by atoms with Gasteiger partial charge in [-0.25, -0.2) is 0 Å². The zero-order chi connectivity index (χ0) is 16.7. The molecule has 3 unspecified atom stereocenters. The summed E-state index contributed by atoms with van der Waals surface area (Å²) in [4.78, 5) is 11.9. The lowest BCUT2D eigenvalue weighted by molar-refractivity contribution is -0.121. The maximum absolute atomic E-state index is 11.9. The second-order valence-electron chi connectivity index (χ2n) is 6.61. The molecule has 0 saturated heterocycles. The van der Waals surface area contributed by atoms with E-state index in [9.17, 15) is 4.79 Å². The maximum Gasteiger partial charge on any atom is 0.132 e. The van der Waals surface area contributed by atoms with E-state index in [0.717, 1.165) is 19.3 Å². The smallest absolute Gasteiger partial charge is 0.132 e. The largest absolute Gasteiger partial charge is 0.300 e. The lowest BCUT2D eigenvalue weighted by atomic mass is 9.79. The molecular weight excluding hydrogens is 280 g/mol. The Morgan fingerprint density at radius 3 is 1.87 bits per heavy atom. The molecule has 0 spiro atoms. The van der Waals surface area contributed by atoms with Crippen molar-refractivity contribution in [1.29, 1.82) is 0 Å². The van der Waals surface area contributed by atoms with Crippen molar-refractivity contribution in [2.45, 2.75) is 51.9 Å². The van der Waals surface area contributed by atoms with Gasteiger partial charge in [0, 0.05) is 5.92 Å². The van der Waals surface area contributed by atoms with Crippen molar-refractivity contribution in [3.8, 4) is 0 Å². The molecule has 0 bridgehead atoms. The molecule has 0 aliphatic heterocycles. The molecule has 2 rings (SSSR count). The SMILES string of the molecule is CCC(CC(CC(C)c1ccccc1)c1ccccc1)C(C)=O. The highest BCUT2D eigenvalue weighted by atomic mass is 16.1. The normalized spacial score (nSPS) is 14.9. The highest BCUT2D eigenvalue weighted by molar-refractivity contribution is 5.78. The molecule has 0 amide bonds. The molecule has 1 heteroatoms. The summed E-state index contributed by atoms with van der Waals surface area (Å²) in [6, 6.07) is 21.3. The Kier molecular flexibility index (Phi) is 6.58. The molecule has 2 aromatic rings. The van der Waals surface area contributed by atoms with Gasteiger partial charge in [0.25, 0.3) is 0 Å². The van der Waals surface area contributed by atoms with Gasteiger partial charge in [0.15, 0.2) is 0 Å². The van der Waals surface area contributed by atoms with E-state index in [1.807, 2.05) is 0 Å². The van der Waals surface area contributed by atoms with E-state index in [1.54, 1.807) is 6.92 Å². The number of carbonyl (C=O) groups excluding carboxylic acids is 1. The summed E-state index contributed by atoms with van der Waals surface area (Å²) >= 11 is 0. The Morgan fingerprint density at radius 2 is 1.39 bits per heavy atom. The Labute approximate surface area is 140 Å². The number of Topliss-reactive ketones (excluding diaryl/α,β-unsaturated/α-hetero) is 1. The molecule has 0 aromatic heterocycles. The fraction of sp³-hybridized carbons (Fsp3) is 0.409. The van der Waals surface area contributed by atoms with Crippen molar-refractivity contribution < 1.29 is 4.79 Å². The van der Waals surface area contributed by atoms with Crippen LogP contribution in [0.3, 0.4) is 0 Å². The van der Waals surface area contributed by atoms with Crippen LogP contribution in [0, 0.1) is 5.92 Å². The third kappa shape index (κ3) is 5.06. The molecule has 0 aliphatic rings. The van der Waals surface area contributed by atoms with Crippen LogP contribution in [0.4, 0.5) is 0 Å². The van der Waals surface area contributed by atoms with Crippen LogP contribution in [0.1, 0.15) is 63.0 Å². The van der Waals surface area contributed by atoms with Gasteiger partial charge in [-0.2, -0.15) is 0 Å². The number of ketones is 1. The molecule has 0 aliphatic carbocycles. The first-order chi connectivity index (χ1) is 11.1. The molecule has 23 heavy (non-hydrogen) atoms. The topological polar surface area (TPSA) is 17.1 Å². The van der Waals surface area contributed by atoms with Crippen molar-refractivity contribution in [3.05, 3.63) is 71.8 Å². The van der Waals surface area contributed by atoms with Gasteiger partial charge in [-0.1, -0.05) is 74.5 Å². The Hall–Kier alpha value is -1.89. The van der Waals surface area contributed by atoms with E-state index in [0.29, 0.717) is 17.6 Å². The second kappa shape index (κ2) is 8.67. The zero-order valence-electron chi connectivity index (χ0n) is 14.5. The van der Waals surface area contributed by atoms with Crippen LogP contribution in [0.5, 0.6) is 0 Å². The van der Waals surface area contributed by atoms with Crippen LogP contribution in [-0.4, -0.2) is 5.78 Å². The van der Waals surface area contributed by atoms with Crippen molar-refractivity contribution in [1.82, 2.24) is 0 Å². The minimum absolute atomic E-state index is 0.170.